The number of fused-ring (bicyclic) bond motifs is 8. The summed E-state index contributed by atoms with van der Waals surface area (Å²) in [5.74, 6) is 0. The van der Waals surface area contributed by atoms with E-state index in [0.29, 0.717) is 0 Å². The Morgan fingerprint density at radius 2 is 0.702 bits per heavy atom. The minimum absolute atomic E-state index is 0.170. The molecule has 12 rings (SSSR count). The van der Waals surface area contributed by atoms with Crippen molar-refractivity contribution in [2.75, 3.05) is 0 Å². The van der Waals surface area contributed by atoms with Gasteiger partial charge in [0, 0.05) is 0 Å². The van der Waals surface area contributed by atoms with Gasteiger partial charge in [-0.15, -0.1) is 0 Å². The molecule has 57 heavy (non-hydrogen) atoms. The normalized spacial score (nSPS) is 11.9. The maximum atomic E-state index is 2.51. The van der Waals surface area contributed by atoms with Crippen LogP contribution < -0.4 is 0 Å². The Morgan fingerprint density at radius 3 is 1.28 bits per heavy atom. The zero-order chi connectivity index (χ0) is 37.5. The Kier molecular flexibility index (Phi) is 7.35. The van der Waals surface area contributed by atoms with Gasteiger partial charge >= 0.3 is 332 Å². The summed E-state index contributed by atoms with van der Waals surface area (Å²) in [6.07, 6.45) is 0. The van der Waals surface area contributed by atoms with E-state index < -0.39 is 0 Å². The van der Waals surface area contributed by atoms with E-state index in [0.717, 1.165) is 0 Å². The Labute approximate surface area is 336 Å². The van der Waals surface area contributed by atoms with Crippen molar-refractivity contribution in [3.8, 4) is 44.5 Å². The molecule has 0 nitrogen and oxygen atoms in total. The number of rotatable bonds is 4. The summed E-state index contributed by atoms with van der Waals surface area (Å²) in [7, 11) is 0. The van der Waals surface area contributed by atoms with Crippen LogP contribution in [0.3, 0.4) is 0 Å². The number of benzene rings is 11. The summed E-state index contributed by atoms with van der Waals surface area (Å²) in [5.41, 5.74) is 10.4. The Hall–Kier alpha value is -6.76. The van der Waals surface area contributed by atoms with Crippen LogP contribution in [0.25, 0.3) is 118 Å². The quantitative estimate of drug-likeness (QED) is 0.123. The van der Waals surface area contributed by atoms with Crippen LogP contribution in [0, 0.1) is 0 Å². The standard InChI is InChI=1S/C56H34Se/c1-2-16-36(17-3-1)52-44-23-10-12-25-46(44)55(47-26-13-11-24-45(47)52)49-27-14-28-50-56(49)48-32-31-39(34-51(48)57-50)54-42-21-8-6-19-40(42)53(41-20-7-9-22-43(41)54)38-30-29-35-15-4-5-18-37(35)33-38/h1-34H. The fourth-order valence-corrected chi connectivity index (χ4v) is 12.1. The summed E-state index contributed by atoms with van der Waals surface area (Å²) >= 11 is 0.170. The SMILES string of the molecule is c1ccc(-c2c3ccccc3c(-c3cccc4[se]c5cc(-c6c7ccccc7c(-c7ccc8ccccc8c7)c7ccccc67)ccc5c34)c3ccccc23)cc1. The summed E-state index contributed by atoms with van der Waals surface area (Å²) in [5, 5.41) is 15.6. The summed E-state index contributed by atoms with van der Waals surface area (Å²) < 4.78 is 2.90. The number of hydrogen-bond donors (Lipinski definition) is 0. The van der Waals surface area contributed by atoms with Crippen molar-refractivity contribution < 1.29 is 0 Å². The maximum absolute atomic E-state index is 2.51. The Bertz CT molecular complexity index is 3460. The third-order valence-corrected chi connectivity index (χ3v) is 14.4. The molecule has 0 bridgehead atoms. The molecule has 0 aliphatic rings. The summed E-state index contributed by atoms with van der Waals surface area (Å²) in [4.78, 5) is 0. The van der Waals surface area contributed by atoms with Gasteiger partial charge in [0.2, 0.25) is 0 Å². The molecule has 0 atom stereocenters. The third-order valence-electron chi connectivity index (χ3n) is 12.0. The van der Waals surface area contributed by atoms with Gasteiger partial charge in [0.15, 0.2) is 0 Å². The minimum atomic E-state index is 0.170. The van der Waals surface area contributed by atoms with Crippen molar-refractivity contribution in [2.24, 2.45) is 0 Å². The fraction of sp³-hybridized carbons (Fsp3) is 0. The molecule has 0 amide bonds. The molecular formula is C56H34Se. The molecule has 1 heteroatoms. The van der Waals surface area contributed by atoms with Crippen molar-refractivity contribution in [1.82, 2.24) is 0 Å². The molecule has 12 aromatic rings. The Morgan fingerprint density at radius 1 is 0.246 bits per heavy atom. The zero-order valence-corrected chi connectivity index (χ0v) is 32.8. The van der Waals surface area contributed by atoms with E-state index in [4.69, 9.17) is 0 Å². The van der Waals surface area contributed by atoms with Gasteiger partial charge in [-0.1, -0.05) is 6.07 Å². The molecule has 0 N–H and O–H groups in total. The predicted octanol–water partition coefficient (Wildman–Crippen LogP) is 15.5. The van der Waals surface area contributed by atoms with Gasteiger partial charge in [-0.05, 0) is 0 Å². The second kappa shape index (κ2) is 12.9. The molecule has 0 unspecified atom stereocenters. The van der Waals surface area contributed by atoms with E-state index in [1.807, 2.05) is 0 Å². The average Bonchev–Trinajstić information content (AvgIpc) is 3.66. The molecule has 11 aromatic carbocycles. The third kappa shape index (κ3) is 5.00. The molecular weight excluding hydrogens is 752 g/mol. The first-order chi connectivity index (χ1) is 28.3. The topological polar surface area (TPSA) is 0 Å². The monoisotopic (exact) mass is 786 g/mol. The first-order valence-electron chi connectivity index (χ1n) is 19.7. The number of hydrogen-bond acceptors (Lipinski definition) is 0. The molecule has 1 aromatic heterocycles. The van der Waals surface area contributed by atoms with Crippen LogP contribution in [0.1, 0.15) is 0 Å². The van der Waals surface area contributed by atoms with Crippen LogP contribution in [0.5, 0.6) is 0 Å². The van der Waals surface area contributed by atoms with E-state index in [1.165, 1.54) is 118 Å². The average molecular weight is 786 g/mol. The second-order valence-corrected chi connectivity index (χ2v) is 17.4. The summed E-state index contributed by atoms with van der Waals surface area (Å²) in [6, 6.07) is 76.9. The van der Waals surface area contributed by atoms with E-state index in [1.54, 1.807) is 0 Å². The van der Waals surface area contributed by atoms with Gasteiger partial charge < -0.3 is 0 Å². The van der Waals surface area contributed by atoms with Gasteiger partial charge in [0.1, 0.15) is 0 Å². The van der Waals surface area contributed by atoms with Gasteiger partial charge in [-0.3, -0.25) is 0 Å². The summed E-state index contributed by atoms with van der Waals surface area (Å²) in [6.45, 7) is 0. The van der Waals surface area contributed by atoms with Gasteiger partial charge in [0.05, 0.1) is 0 Å². The van der Waals surface area contributed by atoms with Gasteiger partial charge in [-0.25, -0.2) is 0 Å². The first kappa shape index (κ1) is 32.5. The van der Waals surface area contributed by atoms with Crippen molar-refractivity contribution >= 4 is 87.7 Å². The predicted molar refractivity (Wildman–Crippen MR) is 248 cm³/mol. The van der Waals surface area contributed by atoms with E-state index in [-0.39, 0.29) is 14.5 Å². The van der Waals surface area contributed by atoms with E-state index in [9.17, 15) is 0 Å². The Balaban J connectivity index is 1.10. The van der Waals surface area contributed by atoms with Crippen LogP contribution in [0.2, 0.25) is 0 Å². The molecule has 0 radical (unpaired) electrons. The van der Waals surface area contributed by atoms with Gasteiger partial charge in [0.25, 0.3) is 0 Å². The fourth-order valence-electron chi connectivity index (χ4n) is 9.62. The molecule has 0 fully saturated rings. The van der Waals surface area contributed by atoms with E-state index >= 15 is 0 Å². The molecule has 0 aliphatic carbocycles. The zero-order valence-electron chi connectivity index (χ0n) is 31.0. The molecule has 0 spiro atoms. The first-order valence-corrected chi connectivity index (χ1v) is 21.4. The van der Waals surface area contributed by atoms with Crippen LogP contribution in [0.15, 0.2) is 206 Å². The van der Waals surface area contributed by atoms with Crippen LogP contribution in [-0.2, 0) is 0 Å². The van der Waals surface area contributed by atoms with Gasteiger partial charge in [-0.2, -0.15) is 0 Å². The van der Waals surface area contributed by atoms with Crippen LogP contribution >= 0.6 is 0 Å². The van der Waals surface area contributed by atoms with E-state index in [2.05, 4.69) is 206 Å². The van der Waals surface area contributed by atoms with Crippen LogP contribution in [-0.4, -0.2) is 14.5 Å². The van der Waals surface area contributed by atoms with Crippen LogP contribution in [0.4, 0.5) is 0 Å². The molecule has 0 aliphatic heterocycles. The molecule has 0 saturated carbocycles. The molecule has 0 saturated heterocycles. The van der Waals surface area contributed by atoms with Crippen molar-refractivity contribution in [1.29, 1.82) is 0 Å². The molecule has 1 heterocycles. The van der Waals surface area contributed by atoms with Crippen molar-refractivity contribution in [3.63, 3.8) is 0 Å². The molecule has 264 valence electrons. The van der Waals surface area contributed by atoms with Crippen molar-refractivity contribution in [2.45, 2.75) is 0 Å². The van der Waals surface area contributed by atoms with Crippen molar-refractivity contribution in [3.05, 3.63) is 206 Å². The second-order valence-electron chi connectivity index (χ2n) is 15.1.